The van der Waals surface area contributed by atoms with Crippen LogP contribution < -0.4 is 0 Å². The number of esters is 1. The third-order valence-electron chi connectivity index (χ3n) is 4.22. The molecule has 2 aromatic heterocycles. The summed E-state index contributed by atoms with van der Waals surface area (Å²) in [4.78, 5) is 21.2. The first kappa shape index (κ1) is 15.0. The van der Waals surface area contributed by atoms with Crippen LogP contribution in [0, 0.1) is 0 Å². The summed E-state index contributed by atoms with van der Waals surface area (Å²) in [5.74, 6) is -0.346. The van der Waals surface area contributed by atoms with E-state index in [1.54, 1.807) is 6.07 Å². The lowest BCUT2D eigenvalue weighted by atomic mass is 10.2. The van der Waals surface area contributed by atoms with Gasteiger partial charge in [0, 0.05) is 51.5 Å². The summed E-state index contributed by atoms with van der Waals surface area (Å²) in [6.45, 7) is 5.47. The predicted octanol–water partition coefficient (Wildman–Crippen LogP) is 0.911. The number of hydrogen-bond acceptors (Lipinski definition) is 5. The molecular formula is C16H22N4O2. The van der Waals surface area contributed by atoms with Gasteiger partial charge in [0.2, 0.25) is 0 Å². The van der Waals surface area contributed by atoms with Crippen LogP contribution >= 0.6 is 0 Å². The molecule has 118 valence electrons. The maximum atomic E-state index is 11.8. The third kappa shape index (κ3) is 3.13. The number of hydrogen-bond donors (Lipinski definition) is 0. The molecule has 6 heteroatoms. The first-order chi connectivity index (χ1) is 10.7. The van der Waals surface area contributed by atoms with Crippen molar-refractivity contribution in [2.45, 2.75) is 6.42 Å². The van der Waals surface area contributed by atoms with E-state index in [9.17, 15) is 4.79 Å². The van der Waals surface area contributed by atoms with Crippen LogP contribution in [0.1, 0.15) is 16.1 Å². The number of imidazole rings is 1. The molecule has 0 N–H and O–H groups in total. The molecule has 0 unspecified atom stereocenters. The normalized spacial score (nSPS) is 17.0. The Morgan fingerprint density at radius 1 is 1.32 bits per heavy atom. The number of fused-ring (bicyclic) bond motifs is 1. The summed E-state index contributed by atoms with van der Waals surface area (Å²) in [6, 6.07) is 3.59. The molecule has 1 fully saturated rings. The van der Waals surface area contributed by atoms with Crippen molar-refractivity contribution >= 4 is 11.6 Å². The largest absolute Gasteiger partial charge is 0.465 e. The molecule has 0 amide bonds. The average Bonchev–Trinajstić information content (AvgIpc) is 2.96. The average molecular weight is 302 g/mol. The third-order valence-corrected chi connectivity index (χ3v) is 4.22. The van der Waals surface area contributed by atoms with Gasteiger partial charge in [-0.3, -0.25) is 0 Å². The lowest BCUT2D eigenvalue weighted by Gasteiger charge is -2.32. The van der Waals surface area contributed by atoms with Crippen molar-refractivity contribution in [1.82, 2.24) is 19.2 Å². The fraction of sp³-hybridized carbons (Fsp3) is 0.500. The quantitative estimate of drug-likeness (QED) is 0.786. The summed E-state index contributed by atoms with van der Waals surface area (Å²) in [7, 11) is 3.55. The number of piperazine rings is 1. The number of ether oxygens (including phenoxy) is 1. The van der Waals surface area contributed by atoms with Crippen molar-refractivity contribution in [2.75, 3.05) is 46.9 Å². The van der Waals surface area contributed by atoms with Crippen molar-refractivity contribution in [3.63, 3.8) is 0 Å². The Kier molecular flexibility index (Phi) is 4.40. The number of rotatable bonds is 4. The number of nitrogens with zero attached hydrogens (tertiary/aromatic N) is 4. The van der Waals surface area contributed by atoms with Crippen LogP contribution in [0.15, 0.2) is 24.5 Å². The van der Waals surface area contributed by atoms with Crippen LogP contribution in [-0.4, -0.2) is 72.0 Å². The summed E-state index contributed by atoms with van der Waals surface area (Å²) in [5, 5.41) is 0. The molecule has 1 aliphatic rings. The standard InChI is InChI=1S/C16H22N4O2/c1-18-8-10-19(11-9-18)7-5-13-12-20-6-3-4-14(15(20)17-13)16(21)22-2/h3-4,6,12H,5,7-11H2,1-2H3. The molecule has 0 spiro atoms. The van der Waals surface area contributed by atoms with Crippen molar-refractivity contribution in [1.29, 1.82) is 0 Å². The van der Waals surface area contributed by atoms with Crippen molar-refractivity contribution < 1.29 is 9.53 Å². The Morgan fingerprint density at radius 3 is 2.82 bits per heavy atom. The highest BCUT2D eigenvalue weighted by Crippen LogP contribution is 2.13. The molecule has 1 aliphatic heterocycles. The maximum absolute atomic E-state index is 11.8. The first-order valence-corrected chi connectivity index (χ1v) is 7.63. The van der Waals surface area contributed by atoms with E-state index < -0.39 is 0 Å². The molecule has 2 aromatic rings. The second-order valence-electron chi connectivity index (χ2n) is 5.77. The Hall–Kier alpha value is -1.92. The van der Waals surface area contributed by atoms with Crippen LogP contribution in [0.5, 0.6) is 0 Å². The Labute approximate surface area is 130 Å². The van der Waals surface area contributed by atoms with Crippen molar-refractivity contribution in [3.05, 3.63) is 35.8 Å². The van der Waals surface area contributed by atoms with Gasteiger partial charge in [-0.1, -0.05) is 0 Å². The molecule has 3 heterocycles. The van der Waals surface area contributed by atoms with Crippen LogP contribution in [0.4, 0.5) is 0 Å². The van der Waals surface area contributed by atoms with Gasteiger partial charge in [-0.2, -0.15) is 0 Å². The summed E-state index contributed by atoms with van der Waals surface area (Å²) >= 11 is 0. The molecule has 0 aromatic carbocycles. The second-order valence-corrected chi connectivity index (χ2v) is 5.77. The zero-order valence-corrected chi connectivity index (χ0v) is 13.2. The van der Waals surface area contributed by atoms with Gasteiger partial charge < -0.3 is 18.9 Å². The van der Waals surface area contributed by atoms with E-state index in [1.807, 2.05) is 22.9 Å². The number of methoxy groups -OCH3 is 1. The van der Waals surface area contributed by atoms with Crippen LogP contribution in [0.2, 0.25) is 0 Å². The highest BCUT2D eigenvalue weighted by atomic mass is 16.5. The van der Waals surface area contributed by atoms with E-state index in [2.05, 4.69) is 21.8 Å². The van der Waals surface area contributed by atoms with Gasteiger partial charge in [0.25, 0.3) is 0 Å². The molecule has 1 saturated heterocycles. The number of carbonyl (C=O) groups is 1. The monoisotopic (exact) mass is 302 g/mol. The minimum Gasteiger partial charge on any atom is -0.465 e. The minimum atomic E-state index is -0.346. The van der Waals surface area contributed by atoms with Crippen molar-refractivity contribution in [2.24, 2.45) is 0 Å². The SMILES string of the molecule is COC(=O)c1cccn2cc(CCN3CCN(C)CC3)nc12. The van der Waals surface area contributed by atoms with Gasteiger partial charge in [0.05, 0.1) is 12.8 Å². The van der Waals surface area contributed by atoms with E-state index in [0.717, 1.165) is 44.8 Å². The maximum Gasteiger partial charge on any atom is 0.341 e. The zero-order chi connectivity index (χ0) is 15.5. The molecule has 0 aliphatic carbocycles. The molecule has 0 bridgehead atoms. The summed E-state index contributed by atoms with van der Waals surface area (Å²) in [6.07, 6.45) is 4.80. The molecular weight excluding hydrogens is 280 g/mol. The summed E-state index contributed by atoms with van der Waals surface area (Å²) < 4.78 is 6.71. The molecule has 22 heavy (non-hydrogen) atoms. The fourth-order valence-electron chi connectivity index (χ4n) is 2.80. The Balaban J connectivity index is 1.71. The van der Waals surface area contributed by atoms with E-state index in [4.69, 9.17) is 4.74 Å². The van der Waals surface area contributed by atoms with Gasteiger partial charge in [0.1, 0.15) is 5.56 Å². The fourth-order valence-corrected chi connectivity index (χ4v) is 2.80. The van der Waals surface area contributed by atoms with Crippen LogP contribution in [-0.2, 0) is 11.2 Å². The number of carbonyl (C=O) groups excluding carboxylic acids is 1. The molecule has 6 nitrogen and oxygen atoms in total. The van der Waals surface area contributed by atoms with E-state index in [-0.39, 0.29) is 5.97 Å². The highest BCUT2D eigenvalue weighted by Gasteiger charge is 2.16. The van der Waals surface area contributed by atoms with E-state index >= 15 is 0 Å². The van der Waals surface area contributed by atoms with Crippen molar-refractivity contribution in [3.8, 4) is 0 Å². The van der Waals surface area contributed by atoms with Gasteiger partial charge in [-0.05, 0) is 19.2 Å². The second kappa shape index (κ2) is 6.46. The smallest absolute Gasteiger partial charge is 0.341 e. The summed E-state index contributed by atoms with van der Waals surface area (Å²) in [5.41, 5.74) is 2.19. The molecule has 0 saturated carbocycles. The minimum absolute atomic E-state index is 0.346. The van der Waals surface area contributed by atoms with Gasteiger partial charge >= 0.3 is 5.97 Å². The number of aromatic nitrogens is 2. The Morgan fingerprint density at radius 2 is 2.09 bits per heavy atom. The van der Waals surface area contributed by atoms with E-state index in [0.29, 0.717) is 11.2 Å². The molecule has 0 atom stereocenters. The zero-order valence-electron chi connectivity index (χ0n) is 13.2. The van der Waals surface area contributed by atoms with E-state index in [1.165, 1.54) is 7.11 Å². The first-order valence-electron chi connectivity index (χ1n) is 7.63. The lowest BCUT2D eigenvalue weighted by Crippen LogP contribution is -2.45. The number of pyridine rings is 1. The van der Waals surface area contributed by atoms with Crippen LogP contribution in [0.3, 0.4) is 0 Å². The van der Waals surface area contributed by atoms with Gasteiger partial charge in [0.15, 0.2) is 5.65 Å². The Bertz CT molecular complexity index is 659. The highest BCUT2D eigenvalue weighted by molar-refractivity contribution is 5.95. The van der Waals surface area contributed by atoms with Gasteiger partial charge in [-0.25, -0.2) is 9.78 Å². The predicted molar refractivity (Wildman–Crippen MR) is 84.2 cm³/mol. The van der Waals surface area contributed by atoms with Gasteiger partial charge in [-0.15, -0.1) is 0 Å². The molecule has 3 rings (SSSR count). The lowest BCUT2D eigenvalue weighted by molar-refractivity contribution is 0.0602. The number of likely N-dealkylation sites (N-methyl/N-ethyl adjacent to an activating group) is 1. The molecule has 0 radical (unpaired) electrons. The topological polar surface area (TPSA) is 50.1 Å². The van der Waals surface area contributed by atoms with Crippen LogP contribution in [0.25, 0.3) is 5.65 Å².